The summed E-state index contributed by atoms with van der Waals surface area (Å²) in [6.07, 6.45) is 10.3. The highest BCUT2D eigenvalue weighted by atomic mass is 16.1. The number of piperidine rings is 1. The minimum atomic E-state index is -0.0602. The smallest absolute Gasteiger partial charge is 0.225 e. The van der Waals surface area contributed by atoms with Crippen LogP contribution in [0.1, 0.15) is 31.2 Å². The van der Waals surface area contributed by atoms with Crippen LogP contribution in [0.5, 0.6) is 0 Å². The van der Waals surface area contributed by atoms with Crippen LogP contribution in [-0.2, 0) is 17.8 Å². The van der Waals surface area contributed by atoms with Crippen LogP contribution in [0, 0.1) is 5.92 Å². The summed E-state index contributed by atoms with van der Waals surface area (Å²) in [5.41, 5.74) is 1.79. The lowest BCUT2D eigenvalue weighted by Gasteiger charge is -2.31. The molecule has 0 bridgehead atoms. The van der Waals surface area contributed by atoms with Crippen molar-refractivity contribution in [3.8, 4) is 0 Å². The maximum atomic E-state index is 10.9. The van der Waals surface area contributed by atoms with Crippen molar-refractivity contribution in [1.82, 2.24) is 25.3 Å². The molecule has 126 valence electrons. The first-order valence-electron chi connectivity index (χ1n) is 8.27. The summed E-state index contributed by atoms with van der Waals surface area (Å²) < 4.78 is 0. The molecular weight excluding hydrogens is 304 g/mol. The van der Waals surface area contributed by atoms with Crippen LogP contribution < -0.4 is 10.2 Å². The van der Waals surface area contributed by atoms with Gasteiger partial charge in [0.2, 0.25) is 11.9 Å². The van der Waals surface area contributed by atoms with Crippen LogP contribution in [-0.4, -0.2) is 38.9 Å². The van der Waals surface area contributed by atoms with Crippen LogP contribution >= 0.6 is 0 Å². The van der Waals surface area contributed by atoms with Crippen LogP contribution in [0.25, 0.3) is 0 Å². The number of aromatic nitrogens is 4. The summed E-state index contributed by atoms with van der Waals surface area (Å²) in [5.74, 6) is 1.37. The second kappa shape index (κ2) is 7.81. The maximum absolute atomic E-state index is 10.9. The zero-order chi connectivity index (χ0) is 16.8. The van der Waals surface area contributed by atoms with Gasteiger partial charge in [-0.15, -0.1) is 0 Å². The summed E-state index contributed by atoms with van der Waals surface area (Å²) in [6, 6.07) is 1.84. The summed E-state index contributed by atoms with van der Waals surface area (Å²) in [7, 11) is 0. The highest BCUT2D eigenvalue weighted by Crippen LogP contribution is 2.22. The Balaban J connectivity index is 1.48. The highest BCUT2D eigenvalue weighted by molar-refractivity contribution is 5.72. The third-order valence-corrected chi connectivity index (χ3v) is 4.22. The summed E-state index contributed by atoms with van der Waals surface area (Å²) in [5, 5.41) is 2.72. The van der Waals surface area contributed by atoms with E-state index in [1.54, 1.807) is 18.6 Å². The molecule has 0 unspecified atom stereocenters. The molecule has 7 nitrogen and oxygen atoms in total. The molecule has 1 fully saturated rings. The Morgan fingerprint density at radius 3 is 2.42 bits per heavy atom. The largest absolute Gasteiger partial charge is 0.351 e. The first-order chi connectivity index (χ1) is 11.7. The maximum Gasteiger partial charge on any atom is 0.225 e. The van der Waals surface area contributed by atoms with E-state index in [2.05, 4.69) is 30.2 Å². The molecule has 0 spiro atoms. The summed E-state index contributed by atoms with van der Waals surface area (Å²) in [4.78, 5) is 30.6. The van der Waals surface area contributed by atoms with E-state index in [1.807, 2.05) is 12.3 Å². The molecule has 0 aromatic carbocycles. The van der Waals surface area contributed by atoms with Crippen molar-refractivity contribution in [2.45, 2.75) is 32.7 Å². The van der Waals surface area contributed by atoms with E-state index in [9.17, 15) is 4.79 Å². The van der Waals surface area contributed by atoms with Gasteiger partial charge in [-0.2, -0.15) is 0 Å². The Morgan fingerprint density at radius 1 is 1.12 bits per heavy atom. The van der Waals surface area contributed by atoms with Gasteiger partial charge >= 0.3 is 0 Å². The van der Waals surface area contributed by atoms with Gasteiger partial charge in [0.1, 0.15) is 0 Å². The van der Waals surface area contributed by atoms with E-state index in [-0.39, 0.29) is 5.91 Å². The number of nitrogens with one attached hydrogen (secondary N) is 1. The minimum Gasteiger partial charge on any atom is -0.351 e. The highest BCUT2D eigenvalue weighted by Gasteiger charge is 2.21. The molecule has 0 atom stereocenters. The minimum absolute atomic E-state index is 0.0602. The predicted octanol–water partition coefficient (Wildman–Crippen LogP) is 1.36. The van der Waals surface area contributed by atoms with Crippen LogP contribution in [0.15, 0.2) is 30.9 Å². The molecule has 24 heavy (non-hydrogen) atoms. The van der Waals surface area contributed by atoms with Gasteiger partial charge in [-0.1, -0.05) is 0 Å². The number of carbonyl (C=O) groups is 1. The lowest BCUT2D eigenvalue weighted by atomic mass is 9.92. The van der Waals surface area contributed by atoms with Gasteiger partial charge in [0.15, 0.2) is 0 Å². The van der Waals surface area contributed by atoms with E-state index in [1.165, 1.54) is 6.92 Å². The zero-order valence-electron chi connectivity index (χ0n) is 13.9. The van der Waals surface area contributed by atoms with Gasteiger partial charge in [0.25, 0.3) is 0 Å². The van der Waals surface area contributed by atoms with Crippen LogP contribution in [0.3, 0.4) is 0 Å². The first-order valence-corrected chi connectivity index (χ1v) is 8.27. The van der Waals surface area contributed by atoms with E-state index in [4.69, 9.17) is 0 Å². The molecule has 3 rings (SSSR count). The molecule has 1 amide bonds. The number of rotatable bonds is 5. The van der Waals surface area contributed by atoms with Crippen LogP contribution in [0.4, 0.5) is 5.95 Å². The monoisotopic (exact) mass is 326 g/mol. The lowest BCUT2D eigenvalue weighted by molar-refractivity contribution is -0.119. The summed E-state index contributed by atoms with van der Waals surface area (Å²) >= 11 is 0. The van der Waals surface area contributed by atoms with Crippen molar-refractivity contribution < 1.29 is 4.79 Å². The first kappa shape index (κ1) is 16.3. The second-order valence-corrected chi connectivity index (χ2v) is 6.09. The average Bonchev–Trinajstić information content (AvgIpc) is 2.62. The Hall–Kier alpha value is -2.57. The molecule has 0 radical (unpaired) electrons. The molecule has 0 saturated carbocycles. The number of hydrogen-bond acceptors (Lipinski definition) is 6. The third kappa shape index (κ3) is 4.47. The van der Waals surface area contributed by atoms with Crippen molar-refractivity contribution in [3.05, 3.63) is 42.2 Å². The topological polar surface area (TPSA) is 83.9 Å². The van der Waals surface area contributed by atoms with E-state index < -0.39 is 0 Å². The molecule has 3 heterocycles. The van der Waals surface area contributed by atoms with Gasteiger partial charge in [-0.05, 0) is 31.2 Å². The van der Waals surface area contributed by atoms with Gasteiger partial charge in [-0.25, -0.2) is 9.97 Å². The van der Waals surface area contributed by atoms with E-state index in [0.29, 0.717) is 12.5 Å². The van der Waals surface area contributed by atoms with Gasteiger partial charge in [0.05, 0.1) is 24.1 Å². The Morgan fingerprint density at radius 2 is 1.79 bits per heavy atom. The Bertz CT molecular complexity index is 653. The van der Waals surface area contributed by atoms with Gasteiger partial charge in [0, 0.05) is 38.6 Å². The van der Waals surface area contributed by atoms with Crippen molar-refractivity contribution in [2.24, 2.45) is 5.92 Å². The fourth-order valence-corrected chi connectivity index (χ4v) is 2.88. The number of anilines is 1. The fourth-order valence-electron chi connectivity index (χ4n) is 2.88. The van der Waals surface area contributed by atoms with Crippen LogP contribution in [0.2, 0.25) is 0 Å². The quantitative estimate of drug-likeness (QED) is 0.893. The number of carbonyl (C=O) groups excluding carboxylic acids is 1. The second-order valence-electron chi connectivity index (χ2n) is 6.09. The SMILES string of the molecule is CC(=O)NCc1cnc(CC2CCN(c3ncccn3)CC2)cn1. The summed E-state index contributed by atoms with van der Waals surface area (Å²) in [6.45, 7) is 3.87. The average molecular weight is 326 g/mol. The van der Waals surface area contributed by atoms with Crippen molar-refractivity contribution in [3.63, 3.8) is 0 Å². The Kier molecular flexibility index (Phi) is 5.30. The number of nitrogens with zero attached hydrogens (tertiary/aromatic N) is 5. The van der Waals surface area contributed by atoms with Crippen molar-refractivity contribution in [2.75, 3.05) is 18.0 Å². The molecule has 2 aromatic rings. The van der Waals surface area contributed by atoms with E-state index >= 15 is 0 Å². The zero-order valence-corrected chi connectivity index (χ0v) is 13.9. The normalized spacial score (nSPS) is 15.3. The molecule has 1 aliphatic rings. The molecule has 7 heteroatoms. The standard InChI is InChI=1S/C17H22N6O/c1-13(24)20-11-16-12-21-15(10-22-16)9-14-3-7-23(8-4-14)17-18-5-2-6-19-17/h2,5-6,10,12,14H,3-4,7-9,11H2,1H3,(H,20,24). The predicted molar refractivity (Wildman–Crippen MR) is 90.2 cm³/mol. The molecule has 1 saturated heterocycles. The van der Waals surface area contributed by atoms with Gasteiger partial charge < -0.3 is 10.2 Å². The molecule has 1 N–H and O–H groups in total. The third-order valence-electron chi connectivity index (χ3n) is 4.22. The van der Waals surface area contributed by atoms with Crippen molar-refractivity contribution >= 4 is 11.9 Å². The van der Waals surface area contributed by atoms with E-state index in [0.717, 1.165) is 49.7 Å². The molecule has 0 aliphatic carbocycles. The van der Waals surface area contributed by atoms with Gasteiger partial charge in [-0.3, -0.25) is 14.8 Å². The molecule has 2 aromatic heterocycles. The molecule has 1 aliphatic heterocycles. The van der Waals surface area contributed by atoms with Crippen molar-refractivity contribution in [1.29, 1.82) is 0 Å². The Labute approximate surface area is 141 Å². The fraction of sp³-hybridized carbons (Fsp3) is 0.471. The molecular formula is C17H22N6O. The number of hydrogen-bond donors (Lipinski definition) is 1. The lowest BCUT2D eigenvalue weighted by Crippen LogP contribution is -2.35. The number of amides is 1.